The summed E-state index contributed by atoms with van der Waals surface area (Å²) in [4.78, 5) is 4.16. The fourth-order valence-corrected chi connectivity index (χ4v) is 1.69. The Balaban J connectivity index is 1.88. The molecule has 2 rings (SSSR count). The Morgan fingerprint density at radius 2 is 2.19 bits per heavy atom. The molecule has 1 heterocycles. The summed E-state index contributed by atoms with van der Waals surface area (Å²) in [7, 11) is 0. The molecule has 3 heteroatoms. The van der Waals surface area contributed by atoms with Crippen LogP contribution in [0.25, 0.3) is 0 Å². The zero-order chi connectivity index (χ0) is 11.2. The van der Waals surface area contributed by atoms with Crippen molar-refractivity contribution in [2.24, 2.45) is 4.99 Å². The van der Waals surface area contributed by atoms with Gasteiger partial charge >= 0.3 is 0 Å². The molecule has 3 nitrogen and oxygen atoms in total. The second-order valence-corrected chi connectivity index (χ2v) is 3.98. The molecule has 0 saturated heterocycles. The molecule has 1 aliphatic heterocycles. The fraction of sp³-hybridized carbons (Fsp3) is 0.462. The largest absolute Gasteiger partial charge is 0.494 e. The van der Waals surface area contributed by atoms with E-state index in [-0.39, 0.29) is 0 Å². The number of nitrogens with one attached hydrogen (secondary N) is 1. The number of ether oxygens (including phenoxy) is 1. The molecular weight excluding hydrogens is 200 g/mol. The number of rotatable bonds is 5. The van der Waals surface area contributed by atoms with Crippen molar-refractivity contribution < 1.29 is 4.74 Å². The Bertz CT molecular complexity index is 337. The molecule has 0 aliphatic carbocycles. The van der Waals surface area contributed by atoms with Crippen LogP contribution in [0.5, 0.6) is 5.75 Å². The van der Waals surface area contributed by atoms with E-state index in [2.05, 4.69) is 29.4 Å². The molecule has 1 unspecified atom stereocenters. The first-order chi connectivity index (χ1) is 7.90. The van der Waals surface area contributed by atoms with Crippen LogP contribution in [0.2, 0.25) is 0 Å². The highest BCUT2D eigenvalue weighted by Crippen LogP contribution is 2.19. The van der Waals surface area contributed by atoms with Gasteiger partial charge in [-0.3, -0.25) is 4.99 Å². The summed E-state index contributed by atoms with van der Waals surface area (Å²) in [5.74, 6) is 0.955. The van der Waals surface area contributed by atoms with Crippen LogP contribution in [0.1, 0.15) is 31.4 Å². The number of hydrogen-bond donors (Lipinski definition) is 1. The van der Waals surface area contributed by atoms with Gasteiger partial charge in [-0.1, -0.05) is 25.5 Å². The highest BCUT2D eigenvalue weighted by atomic mass is 16.5. The summed E-state index contributed by atoms with van der Waals surface area (Å²) in [6.45, 7) is 3.80. The van der Waals surface area contributed by atoms with Crippen LogP contribution in [0.4, 0.5) is 0 Å². The lowest BCUT2D eigenvalue weighted by atomic mass is 10.1. The van der Waals surface area contributed by atoms with E-state index in [0.717, 1.165) is 25.3 Å². The van der Waals surface area contributed by atoms with Gasteiger partial charge < -0.3 is 10.1 Å². The monoisotopic (exact) mass is 218 g/mol. The average molecular weight is 218 g/mol. The predicted octanol–water partition coefficient (Wildman–Crippen LogP) is 2.54. The van der Waals surface area contributed by atoms with Crippen molar-refractivity contribution in [1.82, 2.24) is 5.32 Å². The molecule has 0 radical (unpaired) electrons. The standard InChI is InChI=1S/C13H18N2O/c1-2-3-8-16-12-6-4-11(5-7-12)13-9-14-10-15-13/h4-7,10,13H,2-3,8-9H2,1H3,(H,14,15). The molecule has 0 spiro atoms. The van der Waals surface area contributed by atoms with Crippen LogP contribution in [0, 0.1) is 0 Å². The normalized spacial score (nSPS) is 18.4. The molecule has 1 aliphatic rings. The molecule has 0 aromatic heterocycles. The van der Waals surface area contributed by atoms with E-state index < -0.39 is 0 Å². The van der Waals surface area contributed by atoms with Crippen LogP contribution in [-0.4, -0.2) is 19.5 Å². The minimum atomic E-state index is 0.338. The predicted molar refractivity (Wildman–Crippen MR) is 66.1 cm³/mol. The minimum Gasteiger partial charge on any atom is -0.494 e. The van der Waals surface area contributed by atoms with Gasteiger partial charge in [0.2, 0.25) is 0 Å². The first-order valence-corrected chi connectivity index (χ1v) is 5.87. The van der Waals surface area contributed by atoms with Gasteiger partial charge in [-0.2, -0.15) is 0 Å². The zero-order valence-corrected chi connectivity index (χ0v) is 9.65. The molecule has 1 aromatic carbocycles. The summed E-state index contributed by atoms with van der Waals surface area (Å²) in [5.41, 5.74) is 1.26. The highest BCUT2D eigenvalue weighted by molar-refractivity contribution is 5.58. The van der Waals surface area contributed by atoms with Crippen LogP contribution >= 0.6 is 0 Å². The summed E-state index contributed by atoms with van der Waals surface area (Å²) in [5, 5.41) is 3.21. The van der Waals surface area contributed by atoms with Gasteiger partial charge in [-0.05, 0) is 24.1 Å². The number of nitrogens with zero attached hydrogens (tertiary/aromatic N) is 1. The van der Waals surface area contributed by atoms with Gasteiger partial charge in [0.1, 0.15) is 5.75 Å². The van der Waals surface area contributed by atoms with E-state index in [0.29, 0.717) is 6.04 Å². The molecule has 1 atom stereocenters. The maximum absolute atomic E-state index is 5.61. The molecular formula is C13H18N2O. The first kappa shape index (κ1) is 11.0. The second kappa shape index (κ2) is 5.54. The Kier molecular flexibility index (Phi) is 3.81. The van der Waals surface area contributed by atoms with Crippen LogP contribution in [-0.2, 0) is 0 Å². The second-order valence-electron chi connectivity index (χ2n) is 3.98. The van der Waals surface area contributed by atoms with E-state index in [4.69, 9.17) is 4.74 Å². The third-order valence-electron chi connectivity index (χ3n) is 2.70. The van der Waals surface area contributed by atoms with Crippen molar-refractivity contribution in [3.8, 4) is 5.75 Å². The van der Waals surface area contributed by atoms with Gasteiger partial charge in [-0.25, -0.2) is 0 Å². The molecule has 86 valence electrons. The lowest BCUT2D eigenvalue weighted by Crippen LogP contribution is -2.15. The SMILES string of the molecule is CCCCOc1ccc(C2CN=CN2)cc1. The summed E-state index contributed by atoms with van der Waals surface area (Å²) >= 11 is 0. The lowest BCUT2D eigenvalue weighted by Gasteiger charge is -2.11. The van der Waals surface area contributed by atoms with Gasteiger partial charge in [0.15, 0.2) is 0 Å². The van der Waals surface area contributed by atoms with Gasteiger partial charge in [-0.15, -0.1) is 0 Å². The van der Waals surface area contributed by atoms with Crippen molar-refractivity contribution in [2.75, 3.05) is 13.2 Å². The molecule has 1 N–H and O–H groups in total. The Hall–Kier alpha value is -1.51. The van der Waals surface area contributed by atoms with Crippen LogP contribution in [0.15, 0.2) is 29.3 Å². The Morgan fingerprint density at radius 3 is 2.81 bits per heavy atom. The fourth-order valence-electron chi connectivity index (χ4n) is 1.69. The smallest absolute Gasteiger partial charge is 0.119 e. The minimum absolute atomic E-state index is 0.338. The molecule has 0 bridgehead atoms. The first-order valence-electron chi connectivity index (χ1n) is 5.87. The summed E-state index contributed by atoms with van der Waals surface area (Å²) < 4.78 is 5.61. The molecule has 0 fully saturated rings. The number of aliphatic imine (C=N–C) groups is 1. The van der Waals surface area contributed by atoms with Crippen LogP contribution in [0.3, 0.4) is 0 Å². The number of hydrogen-bond acceptors (Lipinski definition) is 3. The lowest BCUT2D eigenvalue weighted by molar-refractivity contribution is 0.309. The van der Waals surface area contributed by atoms with Crippen LogP contribution < -0.4 is 10.1 Å². The summed E-state index contributed by atoms with van der Waals surface area (Å²) in [6, 6.07) is 8.61. The summed E-state index contributed by atoms with van der Waals surface area (Å²) in [6.07, 6.45) is 4.05. The van der Waals surface area contributed by atoms with E-state index in [1.807, 2.05) is 12.1 Å². The van der Waals surface area contributed by atoms with Crippen molar-refractivity contribution in [3.05, 3.63) is 29.8 Å². The zero-order valence-electron chi connectivity index (χ0n) is 9.65. The number of unbranched alkanes of at least 4 members (excludes halogenated alkanes) is 1. The van der Waals surface area contributed by atoms with Crippen molar-refractivity contribution in [3.63, 3.8) is 0 Å². The third kappa shape index (κ3) is 2.75. The van der Waals surface area contributed by atoms with E-state index in [9.17, 15) is 0 Å². The quantitative estimate of drug-likeness (QED) is 0.770. The number of benzene rings is 1. The van der Waals surface area contributed by atoms with Gasteiger partial charge in [0.25, 0.3) is 0 Å². The van der Waals surface area contributed by atoms with Gasteiger partial charge in [0.05, 0.1) is 25.5 Å². The maximum atomic E-state index is 5.61. The topological polar surface area (TPSA) is 33.6 Å². The van der Waals surface area contributed by atoms with Crippen molar-refractivity contribution in [1.29, 1.82) is 0 Å². The van der Waals surface area contributed by atoms with E-state index >= 15 is 0 Å². The molecule has 16 heavy (non-hydrogen) atoms. The molecule has 0 amide bonds. The highest BCUT2D eigenvalue weighted by Gasteiger charge is 2.12. The Labute approximate surface area is 96.5 Å². The Morgan fingerprint density at radius 1 is 1.38 bits per heavy atom. The van der Waals surface area contributed by atoms with E-state index in [1.54, 1.807) is 6.34 Å². The van der Waals surface area contributed by atoms with Gasteiger partial charge in [0, 0.05) is 0 Å². The molecule has 0 saturated carbocycles. The van der Waals surface area contributed by atoms with Crippen molar-refractivity contribution in [2.45, 2.75) is 25.8 Å². The molecule has 1 aromatic rings. The van der Waals surface area contributed by atoms with E-state index in [1.165, 1.54) is 12.0 Å². The maximum Gasteiger partial charge on any atom is 0.119 e. The third-order valence-corrected chi connectivity index (χ3v) is 2.70. The average Bonchev–Trinajstić information content (AvgIpc) is 2.84. The van der Waals surface area contributed by atoms with Crippen molar-refractivity contribution >= 4 is 6.34 Å².